The molecule has 0 aromatic heterocycles. The third kappa shape index (κ3) is 5.13. The van der Waals surface area contributed by atoms with E-state index in [1.807, 2.05) is 19.0 Å². The summed E-state index contributed by atoms with van der Waals surface area (Å²) in [6, 6.07) is 0. The van der Waals surface area contributed by atoms with E-state index >= 15 is 0 Å². The molecule has 0 bridgehead atoms. The average Bonchev–Trinajstić information content (AvgIpc) is 2.37. The van der Waals surface area contributed by atoms with Crippen molar-refractivity contribution >= 4 is 5.91 Å². The minimum absolute atomic E-state index is 0.276. The van der Waals surface area contributed by atoms with E-state index in [9.17, 15) is 4.79 Å². The first-order valence-corrected chi connectivity index (χ1v) is 7.76. The van der Waals surface area contributed by atoms with E-state index in [-0.39, 0.29) is 5.92 Å². The van der Waals surface area contributed by atoms with Crippen molar-refractivity contribution in [2.45, 2.75) is 52.9 Å². The van der Waals surface area contributed by atoms with Crippen LogP contribution < -0.4 is 5.32 Å². The summed E-state index contributed by atoms with van der Waals surface area (Å²) in [5.74, 6) is 1.42. The Morgan fingerprint density at radius 3 is 2.26 bits per heavy atom. The van der Waals surface area contributed by atoms with E-state index in [4.69, 9.17) is 0 Å². The molecule has 0 atom stereocenters. The van der Waals surface area contributed by atoms with Gasteiger partial charge in [0.15, 0.2) is 0 Å². The topological polar surface area (TPSA) is 32.3 Å². The molecule has 3 heteroatoms. The number of carbonyl (C=O) groups excluding carboxylic acids is 1. The van der Waals surface area contributed by atoms with Gasteiger partial charge >= 0.3 is 0 Å². The van der Waals surface area contributed by atoms with E-state index in [0.29, 0.717) is 11.3 Å². The van der Waals surface area contributed by atoms with E-state index in [0.717, 1.165) is 38.3 Å². The molecule has 0 aromatic carbocycles. The highest BCUT2D eigenvalue weighted by Crippen LogP contribution is 2.40. The van der Waals surface area contributed by atoms with Gasteiger partial charge in [0.1, 0.15) is 0 Å². The predicted molar refractivity (Wildman–Crippen MR) is 81.1 cm³/mol. The van der Waals surface area contributed by atoms with Crippen LogP contribution in [0.4, 0.5) is 0 Å². The van der Waals surface area contributed by atoms with Gasteiger partial charge in [-0.15, -0.1) is 0 Å². The second-order valence-electron chi connectivity index (χ2n) is 7.13. The molecule has 0 heterocycles. The van der Waals surface area contributed by atoms with E-state index in [2.05, 4.69) is 26.1 Å². The maximum Gasteiger partial charge on any atom is 0.225 e. The lowest BCUT2D eigenvalue weighted by Crippen LogP contribution is -2.37. The van der Waals surface area contributed by atoms with E-state index in [1.54, 1.807) is 0 Å². The molecule has 0 spiro atoms. The number of hydrogen-bond acceptors (Lipinski definition) is 2. The maximum atomic E-state index is 12.4. The largest absolute Gasteiger partial charge is 0.345 e. The molecule has 0 unspecified atom stereocenters. The summed E-state index contributed by atoms with van der Waals surface area (Å²) in [5, 5.41) is 3.13. The van der Waals surface area contributed by atoms with Crippen molar-refractivity contribution in [2.75, 3.05) is 27.2 Å². The molecule has 1 aliphatic rings. The minimum Gasteiger partial charge on any atom is -0.345 e. The molecule has 112 valence electrons. The predicted octanol–water partition coefficient (Wildman–Crippen LogP) is 2.91. The molecule has 1 rings (SSSR count). The third-order valence-corrected chi connectivity index (χ3v) is 4.60. The van der Waals surface area contributed by atoms with Gasteiger partial charge in [0.2, 0.25) is 5.91 Å². The van der Waals surface area contributed by atoms with Crippen LogP contribution in [0.15, 0.2) is 0 Å². The van der Waals surface area contributed by atoms with Gasteiger partial charge in [-0.3, -0.25) is 4.79 Å². The van der Waals surface area contributed by atoms with Gasteiger partial charge in [-0.2, -0.15) is 0 Å². The number of nitrogens with zero attached hydrogens (tertiary/aromatic N) is 1. The number of carbonyl (C=O) groups is 1. The molecule has 1 fully saturated rings. The highest BCUT2D eigenvalue weighted by atomic mass is 16.2. The smallest absolute Gasteiger partial charge is 0.225 e. The molecule has 1 saturated carbocycles. The quantitative estimate of drug-likeness (QED) is 0.778. The summed E-state index contributed by atoms with van der Waals surface area (Å²) in [6.07, 6.45) is 5.62. The summed E-state index contributed by atoms with van der Waals surface area (Å²) >= 11 is 0. The van der Waals surface area contributed by atoms with Gasteiger partial charge in [-0.1, -0.05) is 20.8 Å². The van der Waals surface area contributed by atoms with Crippen LogP contribution in [-0.2, 0) is 4.79 Å². The number of amides is 1. The number of rotatable bonds is 5. The fourth-order valence-electron chi connectivity index (χ4n) is 3.12. The van der Waals surface area contributed by atoms with Crippen LogP contribution in [0, 0.1) is 17.3 Å². The van der Waals surface area contributed by atoms with Gasteiger partial charge < -0.3 is 10.2 Å². The Labute approximate surface area is 119 Å². The first-order valence-electron chi connectivity index (χ1n) is 7.76. The van der Waals surface area contributed by atoms with Crippen molar-refractivity contribution in [3.05, 3.63) is 0 Å². The van der Waals surface area contributed by atoms with E-state index in [1.165, 1.54) is 12.8 Å². The molecule has 0 saturated heterocycles. The Balaban J connectivity index is 2.36. The number of hydrogen-bond donors (Lipinski definition) is 1. The van der Waals surface area contributed by atoms with Crippen LogP contribution in [0.5, 0.6) is 0 Å². The summed E-state index contributed by atoms with van der Waals surface area (Å²) in [6.45, 7) is 8.82. The van der Waals surface area contributed by atoms with Crippen LogP contribution >= 0.6 is 0 Å². The SMILES string of the molecule is CNCCCN(C)C(=O)C1CCC(C(C)(C)C)CC1. The first-order chi connectivity index (χ1) is 8.86. The van der Waals surface area contributed by atoms with Crippen molar-refractivity contribution in [3.63, 3.8) is 0 Å². The Bertz CT molecular complexity index is 275. The van der Waals surface area contributed by atoms with Crippen molar-refractivity contribution in [3.8, 4) is 0 Å². The highest BCUT2D eigenvalue weighted by Gasteiger charge is 2.33. The van der Waals surface area contributed by atoms with Gasteiger partial charge in [-0.05, 0) is 57.0 Å². The van der Waals surface area contributed by atoms with Crippen LogP contribution in [0.25, 0.3) is 0 Å². The van der Waals surface area contributed by atoms with Crippen LogP contribution in [0.1, 0.15) is 52.9 Å². The third-order valence-electron chi connectivity index (χ3n) is 4.60. The van der Waals surface area contributed by atoms with Crippen LogP contribution in [0.3, 0.4) is 0 Å². The van der Waals surface area contributed by atoms with Gasteiger partial charge in [0, 0.05) is 19.5 Å². The average molecular weight is 268 g/mol. The standard InChI is InChI=1S/C16H32N2O/c1-16(2,3)14-9-7-13(8-10-14)15(19)18(5)12-6-11-17-4/h13-14,17H,6-12H2,1-5H3. The Morgan fingerprint density at radius 1 is 1.21 bits per heavy atom. The minimum atomic E-state index is 0.276. The Kier molecular flexibility index (Phi) is 6.31. The van der Waals surface area contributed by atoms with E-state index < -0.39 is 0 Å². The Hall–Kier alpha value is -0.570. The van der Waals surface area contributed by atoms with Crippen molar-refractivity contribution < 1.29 is 4.79 Å². The maximum absolute atomic E-state index is 12.4. The second kappa shape index (κ2) is 7.28. The van der Waals surface area contributed by atoms with Gasteiger partial charge in [0.25, 0.3) is 0 Å². The van der Waals surface area contributed by atoms with Crippen LogP contribution in [-0.4, -0.2) is 38.0 Å². The second-order valence-corrected chi connectivity index (χ2v) is 7.13. The lowest BCUT2D eigenvalue weighted by Gasteiger charge is -2.37. The molecule has 1 amide bonds. The number of nitrogens with one attached hydrogen (secondary N) is 1. The molecular formula is C16H32N2O. The summed E-state index contributed by atoms with van der Waals surface area (Å²) in [4.78, 5) is 14.3. The van der Waals surface area contributed by atoms with Crippen LogP contribution in [0.2, 0.25) is 0 Å². The highest BCUT2D eigenvalue weighted by molar-refractivity contribution is 5.78. The molecule has 0 aliphatic heterocycles. The molecule has 3 nitrogen and oxygen atoms in total. The molecule has 1 N–H and O–H groups in total. The zero-order valence-electron chi connectivity index (χ0n) is 13.5. The molecular weight excluding hydrogens is 236 g/mol. The van der Waals surface area contributed by atoms with Crippen molar-refractivity contribution in [1.82, 2.24) is 10.2 Å². The monoisotopic (exact) mass is 268 g/mol. The first kappa shape index (κ1) is 16.5. The van der Waals surface area contributed by atoms with Gasteiger partial charge in [0.05, 0.1) is 0 Å². The molecule has 1 aliphatic carbocycles. The summed E-state index contributed by atoms with van der Waals surface area (Å²) in [7, 11) is 3.91. The lowest BCUT2D eigenvalue weighted by molar-refractivity contribution is -0.135. The van der Waals surface area contributed by atoms with Crippen molar-refractivity contribution in [1.29, 1.82) is 0 Å². The summed E-state index contributed by atoms with van der Waals surface area (Å²) in [5.41, 5.74) is 0.396. The fourth-order valence-corrected chi connectivity index (χ4v) is 3.12. The molecule has 0 aromatic rings. The molecule has 0 radical (unpaired) electrons. The summed E-state index contributed by atoms with van der Waals surface area (Å²) < 4.78 is 0. The lowest BCUT2D eigenvalue weighted by atomic mass is 9.69. The molecule has 19 heavy (non-hydrogen) atoms. The Morgan fingerprint density at radius 2 is 1.79 bits per heavy atom. The zero-order chi connectivity index (χ0) is 14.5. The normalized spacial score (nSPS) is 24.3. The van der Waals surface area contributed by atoms with Gasteiger partial charge in [-0.25, -0.2) is 0 Å². The zero-order valence-corrected chi connectivity index (χ0v) is 13.5. The van der Waals surface area contributed by atoms with Crippen molar-refractivity contribution in [2.24, 2.45) is 17.3 Å². The fraction of sp³-hybridized carbons (Fsp3) is 0.938.